The molecule has 1 fully saturated rings. The van der Waals surface area contributed by atoms with Gasteiger partial charge in [-0.05, 0) is 34.9 Å². The Morgan fingerprint density at radius 1 is 1.35 bits per heavy atom. The van der Waals surface area contributed by atoms with Crippen molar-refractivity contribution in [1.82, 2.24) is 24.8 Å². The lowest BCUT2D eigenvalue weighted by Gasteiger charge is -2.10. The third-order valence-electron chi connectivity index (χ3n) is 3.19. The molecule has 3 rings (SSSR count). The molecule has 1 aliphatic carbocycles. The van der Waals surface area contributed by atoms with Crippen molar-refractivity contribution >= 4 is 0 Å². The highest BCUT2D eigenvalue weighted by Crippen LogP contribution is 2.32. The second kappa shape index (κ2) is 4.46. The topological polar surface area (TPSA) is 65.6 Å². The lowest BCUT2D eigenvalue weighted by molar-refractivity contribution is 0.0170. The highest BCUT2D eigenvalue weighted by atomic mass is 19.3. The molecular formula is C12H13F2N5O. The molecule has 1 aliphatic rings. The molecule has 0 amide bonds. The van der Waals surface area contributed by atoms with Crippen molar-refractivity contribution in [1.29, 1.82) is 0 Å². The third-order valence-corrected chi connectivity index (χ3v) is 3.19. The third kappa shape index (κ3) is 2.45. The zero-order chi connectivity index (χ0) is 14.3. The van der Waals surface area contributed by atoms with Crippen molar-refractivity contribution in [2.75, 3.05) is 0 Å². The van der Waals surface area contributed by atoms with Crippen LogP contribution in [0.15, 0.2) is 23.3 Å². The van der Waals surface area contributed by atoms with E-state index in [1.807, 2.05) is 0 Å². The molecule has 106 valence electrons. The van der Waals surface area contributed by atoms with Gasteiger partial charge >= 0.3 is 5.69 Å². The summed E-state index contributed by atoms with van der Waals surface area (Å²) in [7, 11) is 0. The number of aromatic nitrogens is 5. The van der Waals surface area contributed by atoms with E-state index in [1.165, 1.54) is 16.9 Å². The maximum atomic E-state index is 13.2. The number of alkyl halides is 2. The van der Waals surface area contributed by atoms with Gasteiger partial charge in [0.25, 0.3) is 5.92 Å². The van der Waals surface area contributed by atoms with E-state index in [0.717, 1.165) is 30.6 Å². The molecule has 0 N–H and O–H groups in total. The number of tetrazole rings is 1. The van der Waals surface area contributed by atoms with E-state index in [9.17, 15) is 13.6 Å². The van der Waals surface area contributed by atoms with Gasteiger partial charge in [-0.2, -0.15) is 9.36 Å². The van der Waals surface area contributed by atoms with Crippen molar-refractivity contribution in [3.8, 4) is 0 Å². The van der Waals surface area contributed by atoms with E-state index in [4.69, 9.17) is 0 Å². The van der Waals surface area contributed by atoms with Crippen LogP contribution in [0.3, 0.4) is 0 Å². The van der Waals surface area contributed by atoms with Crippen LogP contribution in [-0.2, 0) is 12.5 Å². The average molecular weight is 281 g/mol. The highest BCUT2D eigenvalue weighted by Gasteiger charge is 2.28. The standard InChI is InChI=1S/C12H13F2N5O/c1-12(13,14)9-4-8(5-15-6-9)7-18-11(20)19(17-16-18)10-2-3-10/h4-6,10H,2-3,7H2,1H3. The predicted octanol–water partition coefficient (Wildman–Crippen LogP) is 1.33. The van der Waals surface area contributed by atoms with Gasteiger partial charge < -0.3 is 0 Å². The molecule has 8 heteroatoms. The van der Waals surface area contributed by atoms with Gasteiger partial charge in [0.1, 0.15) is 0 Å². The van der Waals surface area contributed by atoms with Crippen molar-refractivity contribution in [2.45, 2.75) is 38.3 Å². The van der Waals surface area contributed by atoms with Gasteiger partial charge in [-0.25, -0.2) is 13.6 Å². The van der Waals surface area contributed by atoms with E-state index in [2.05, 4.69) is 15.4 Å². The molecule has 0 aliphatic heterocycles. The second-order valence-electron chi connectivity index (χ2n) is 5.07. The summed E-state index contributed by atoms with van der Waals surface area (Å²) < 4.78 is 29.0. The summed E-state index contributed by atoms with van der Waals surface area (Å²) >= 11 is 0. The van der Waals surface area contributed by atoms with E-state index in [-0.39, 0.29) is 23.8 Å². The highest BCUT2D eigenvalue weighted by molar-refractivity contribution is 5.21. The van der Waals surface area contributed by atoms with E-state index < -0.39 is 5.92 Å². The molecule has 0 saturated heterocycles. The SMILES string of the molecule is CC(F)(F)c1cncc(Cn2nnn(C3CC3)c2=O)c1. The Morgan fingerprint density at radius 2 is 2.10 bits per heavy atom. The molecule has 0 atom stereocenters. The maximum Gasteiger partial charge on any atom is 0.364 e. The molecule has 0 unspecified atom stereocenters. The first-order valence-electron chi connectivity index (χ1n) is 6.29. The first kappa shape index (κ1) is 12.9. The lowest BCUT2D eigenvalue weighted by Crippen LogP contribution is -2.25. The quantitative estimate of drug-likeness (QED) is 0.848. The largest absolute Gasteiger partial charge is 0.364 e. The number of pyridine rings is 1. The number of hydrogen-bond acceptors (Lipinski definition) is 4. The summed E-state index contributed by atoms with van der Waals surface area (Å²) in [4.78, 5) is 15.7. The molecule has 6 nitrogen and oxygen atoms in total. The van der Waals surface area contributed by atoms with Crippen LogP contribution in [-0.4, -0.2) is 24.8 Å². The average Bonchev–Trinajstić information content (AvgIpc) is 3.16. The van der Waals surface area contributed by atoms with Crippen molar-refractivity contribution in [3.05, 3.63) is 40.1 Å². The molecule has 2 aromatic heterocycles. The minimum Gasteiger partial charge on any atom is -0.264 e. The Hall–Kier alpha value is -2.12. The molecule has 0 spiro atoms. The molecule has 20 heavy (non-hydrogen) atoms. The number of rotatable bonds is 4. The minimum absolute atomic E-state index is 0.0858. The van der Waals surface area contributed by atoms with Crippen LogP contribution in [0.5, 0.6) is 0 Å². The number of halogens is 2. The van der Waals surface area contributed by atoms with Crippen LogP contribution in [0.25, 0.3) is 0 Å². The Morgan fingerprint density at radius 3 is 2.75 bits per heavy atom. The fourth-order valence-corrected chi connectivity index (χ4v) is 1.92. The normalized spacial score (nSPS) is 15.6. The van der Waals surface area contributed by atoms with Crippen LogP contribution >= 0.6 is 0 Å². The van der Waals surface area contributed by atoms with E-state index in [0.29, 0.717) is 5.56 Å². The maximum absolute atomic E-state index is 13.2. The van der Waals surface area contributed by atoms with Crippen LogP contribution < -0.4 is 5.69 Å². The monoisotopic (exact) mass is 281 g/mol. The Bertz CT molecular complexity index is 684. The van der Waals surface area contributed by atoms with Crippen molar-refractivity contribution < 1.29 is 8.78 Å². The van der Waals surface area contributed by atoms with Gasteiger partial charge in [-0.15, -0.1) is 0 Å². The summed E-state index contributed by atoms with van der Waals surface area (Å²) in [5.74, 6) is -2.96. The van der Waals surface area contributed by atoms with Crippen molar-refractivity contribution in [3.63, 3.8) is 0 Å². The summed E-state index contributed by atoms with van der Waals surface area (Å²) in [6.45, 7) is 0.895. The van der Waals surface area contributed by atoms with E-state index >= 15 is 0 Å². The first-order valence-corrected chi connectivity index (χ1v) is 6.29. The van der Waals surface area contributed by atoms with Crippen LogP contribution in [0.4, 0.5) is 8.78 Å². The van der Waals surface area contributed by atoms with Gasteiger partial charge in [0.2, 0.25) is 0 Å². The molecule has 2 heterocycles. The van der Waals surface area contributed by atoms with Crippen LogP contribution in [0.2, 0.25) is 0 Å². The minimum atomic E-state index is -2.96. The predicted molar refractivity (Wildman–Crippen MR) is 65.5 cm³/mol. The number of nitrogens with zero attached hydrogens (tertiary/aromatic N) is 5. The smallest absolute Gasteiger partial charge is 0.264 e. The zero-order valence-corrected chi connectivity index (χ0v) is 10.8. The second-order valence-corrected chi connectivity index (χ2v) is 5.07. The molecule has 0 radical (unpaired) electrons. The van der Waals surface area contributed by atoms with Gasteiger partial charge in [-0.3, -0.25) is 4.98 Å². The molecule has 0 bridgehead atoms. The Balaban J connectivity index is 1.86. The summed E-state index contributed by atoms with van der Waals surface area (Å²) in [6, 6.07) is 1.47. The lowest BCUT2D eigenvalue weighted by atomic mass is 10.1. The Labute approximate surface area is 113 Å². The summed E-state index contributed by atoms with van der Waals surface area (Å²) in [5.41, 5.74) is -0.00670. The van der Waals surface area contributed by atoms with Crippen LogP contribution in [0, 0.1) is 0 Å². The fourth-order valence-electron chi connectivity index (χ4n) is 1.92. The molecule has 1 saturated carbocycles. The van der Waals surface area contributed by atoms with Crippen LogP contribution in [0.1, 0.15) is 36.9 Å². The van der Waals surface area contributed by atoms with Gasteiger partial charge in [0, 0.05) is 24.9 Å². The summed E-state index contributed by atoms with van der Waals surface area (Å²) in [5, 5.41) is 7.56. The van der Waals surface area contributed by atoms with Gasteiger partial charge in [0.05, 0.1) is 12.6 Å². The Kier molecular flexibility index (Phi) is 2.88. The first-order chi connectivity index (χ1) is 9.45. The fraction of sp³-hybridized carbons (Fsp3) is 0.500. The van der Waals surface area contributed by atoms with Gasteiger partial charge in [-0.1, -0.05) is 0 Å². The van der Waals surface area contributed by atoms with Gasteiger partial charge in [0.15, 0.2) is 0 Å². The zero-order valence-electron chi connectivity index (χ0n) is 10.8. The summed E-state index contributed by atoms with van der Waals surface area (Å²) in [6.07, 6.45) is 4.42. The molecule has 2 aromatic rings. The number of hydrogen-bond donors (Lipinski definition) is 0. The van der Waals surface area contributed by atoms with Crippen molar-refractivity contribution in [2.24, 2.45) is 0 Å². The molecular weight excluding hydrogens is 268 g/mol. The molecule has 0 aromatic carbocycles. The van der Waals surface area contributed by atoms with E-state index in [1.54, 1.807) is 0 Å².